The Labute approximate surface area is 105 Å². The van der Waals surface area contributed by atoms with E-state index < -0.39 is 11.7 Å². The second kappa shape index (κ2) is 6.87. The molecule has 0 spiro atoms. The summed E-state index contributed by atoms with van der Waals surface area (Å²) in [5.41, 5.74) is 2.05. The van der Waals surface area contributed by atoms with E-state index in [1.165, 1.54) is 17.2 Å². The fraction of sp³-hybridized carbons (Fsp3) is 0.455. The van der Waals surface area contributed by atoms with Gasteiger partial charge in [0.05, 0.1) is 12.2 Å². The molecule has 0 saturated heterocycles. The highest BCUT2D eigenvalue weighted by molar-refractivity contribution is 5.95. The summed E-state index contributed by atoms with van der Waals surface area (Å²) in [5, 5.41) is 0. The first-order valence-corrected chi connectivity index (χ1v) is 5.55. The number of methoxy groups -OCH3 is 1. The van der Waals surface area contributed by atoms with E-state index in [0.717, 1.165) is 0 Å². The zero-order valence-corrected chi connectivity index (χ0v) is 10.4. The lowest BCUT2D eigenvalue weighted by molar-refractivity contribution is 0.0702. The van der Waals surface area contributed by atoms with E-state index >= 15 is 0 Å². The molecule has 1 heterocycles. The molecule has 0 aromatic carbocycles. The van der Waals surface area contributed by atoms with E-state index in [4.69, 9.17) is 10.6 Å². The van der Waals surface area contributed by atoms with E-state index in [9.17, 15) is 9.18 Å². The predicted octanol–water partition coefficient (Wildman–Crippen LogP) is 0.615. The summed E-state index contributed by atoms with van der Waals surface area (Å²) in [4.78, 5) is 17.3. The molecule has 6 nitrogen and oxygen atoms in total. The Kier molecular flexibility index (Phi) is 5.47. The number of amides is 1. The van der Waals surface area contributed by atoms with Crippen molar-refractivity contribution in [2.24, 2.45) is 5.84 Å². The van der Waals surface area contributed by atoms with Crippen LogP contribution in [-0.2, 0) is 4.74 Å². The Bertz CT molecular complexity index is 414. The highest BCUT2D eigenvalue weighted by Gasteiger charge is 2.20. The van der Waals surface area contributed by atoms with Gasteiger partial charge in [-0.1, -0.05) is 0 Å². The molecular formula is C11H17FN4O2. The lowest BCUT2D eigenvalue weighted by Crippen LogP contribution is -2.34. The van der Waals surface area contributed by atoms with Gasteiger partial charge >= 0.3 is 0 Å². The number of rotatable bonds is 6. The third kappa shape index (κ3) is 3.14. The molecule has 18 heavy (non-hydrogen) atoms. The topological polar surface area (TPSA) is 80.5 Å². The number of pyridine rings is 1. The molecule has 0 radical (unpaired) electrons. The van der Waals surface area contributed by atoms with Crippen LogP contribution in [0, 0.1) is 5.82 Å². The minimum Gasteiger partial charge on any atom is -0.383 e. The summed E-state index contributed by atoms with van der Waals surface area (Å²) in [6.45, 7) is 3.08. The first-order valence-electron chi connectivity index (χ1n) is 5.55. The molecule has 0 aliphatic rings. The minimum absolute atomic E-state index is 0.0593. The second-order valence-electron chi connectivity index (χ2n) is 3.54. The van der Waals surface area contributed by atoms with Crippen molar-refractivity contribution in [2.45, 2.75) is 6.92 Å². The molecule has 0 unspecified atom stereocenters. The second-order valence-corrected chi connectivity index (χ2v) is 3.54. The first kappa shape index (κ1) is 14.3. The fourth-order valence-corrected chi connectivity index (χ4v) is 1.48. The molecule has 100 valence electrons. The molecule has 7 heteroatoms. The van der Waals surface area contributed by atoms with Crippen molar-refractivity contribution in [2.75, 3.05) is 32.2 Å². The average molecular weight is 256 g/mol. The number of likely N-dealkylation sites (N-methyl/N-ethyl adjacent to an activating group) is 1. The standard InChI is InChI=1S/C11H17FN4O2/c1-3-16(6-7-18-2)11(17)8-4-5-14-10(15-13)9(8)12/h4-5H,3,6-7,13H2,1-2H3,(H,14,15). The van der Waals surface area contributed by atoms with Gasteiger partial charge in [0, 0.05) is 26.4 Å². The Morgan fingerprint density at radius 3 is 2.94 bits per heavy atom. The zero-order chi connectivity index (χ0) is 13.5. The number of ether oxygens (including phenoxy) is 1. The smallest absolute Gasteiger partial charge is 0.257 e. The van der Waals surface area contributed by atoms with Crippen LogP contribution in [0.15, 0.2) is 12.3 Å². The van der Waals surface area contributed by atoms with Crippen molar-refractivity contribution in [3.8, 4) is 0 Å². The maximum Gasteiger partial charge on any atom is 0.257 e. The summed E-state index contributed by atoms with van der Waals surface area (Å²) in [6.07, 6.45) is 1.33. The van der Waals surface area contributed by atoms with Crippen molar-refractivity contribution in [3.05, 3.63) is 23.6 Å². The van der Waals surface area contributed by atoms with E-state index in [2.05, 4.69) is 10.4 Å². The van der Waals surface area contributed by atoms with Crippen LogP contribution in [0.2, 0.25) is 0 Å². The summed E-state index contributed by atoms with van der Waals surface area (Å²) in [5.74, 6) is 3.80. The molecule has 1 aromatic rings. The zero-order valence-electron chi connectivity index (χ0n) is 10.4. The number of carbonyl (C=O) groups excluding carboxylic acids is 1. The van der Waals surface area contributed by atoms with Crippen LogP contribution in [0.3, 0.4) is 0 Å². The fourth-order valence-electron chi connectivity index (χ4n) is 1.48. The largest absolute Gasteiger partial charge is 0.383 e. The Morgan fingerprint density at radius 1 is 1.67 bits per heavy atom. The van der Waals surface area contributed by atoms with Gasteiger partial charge in [0.25, 0.3) is 5.91 Å². The maximum atomic E-state index is 13.9. The van der Waals surface area contributed by atoms with Gasteiger partial charge in [-0.25, -0.2) is 15.2 Å². The van der Waals surface area contributed by atoms with Crippen LogP contribution in [-0.4, -0.2) is 42.6 Å². The van der Waals surface area contributed by atoms with E-state index in [0.29, 0.717) is 19.7 Å². The number of hydrazine groups is 1. The van der Waals surface area contributed by atoms with Crippen molar-refractivity contribution < 1.29 is 13.9 Å². The van der Waals surface area contributed by atoms with Crippen molar-refractivity contribution in [1.82, 2.24) is 9.88 Å². The summed E-state index contributed by atoms with van der Waals surface area (Å²) in [7, 11) is 1.54. The highest BCUT2D eigenvalue weighted by Crippen LogP contribution is 2.15. The van der Waals surface area contributed by atoms with Crippen LogP contribution >= 0.6 is 0 Å². The van der Waals surface area contributed by atoms with Gasteiger partial charge in [-0.05, 0) is 13.0 Å². The SMILES string of the molecule is CCN(CCOC)C(=O)c1ccnc(NN)c1F. The number of nitrogens with one attached hydrogen (secondary N) is 1. The lowest BCUT2D eigenvalue weighted by Gasteiger charge is -2.20. The number of hydrogen-bond acceptors (Lipinski definition) is 5. The molecular weight excluding hydrogens is 239 g/mol. The number of nitrogen functional groups attached to an aromatic ring is 1. The van der Waals surface area contributed by atoms with Crippen molar-refractivity contribution >= 4 is 11.7 Å². The number of aromatic nitrogens is 1. The van der Waals surface area contributed by atoms with Crippen molar-refractivity contribution in [3.63, 3.8) is 0 Å². The van der Waals surface area contributed by atoms with Crippen molar-refractivity contribution in [1.29, 1.82) is 0 Å². The van der Waals surface area contributed by atoms with Gasteiger partial charge in [0.15, 0.2) is 11.6 Å². The van der Waals surface area contributed by atoms with E-state index in [1.807, 2.05) is 6.92 Å². The summed E-state index contributed by atoms with van der Waals surface area (Å²) < 4.78 is 18.8. The molecule has 1 amide bonds. The highest BCUT2D eigenvalue weighted by atomic mass is 19.1. The van der Waals surface area contributed by atoms with Gasteiger partial charge in [0.2, 0.25) is 0 Å². The maximum absolute atomic E-state index is 13.9. The van der Waals surface area contributed by atoms with Crippen LogP contribution in [0.25, 0.3) is 0 Å². The van der Waals surface area contributed by atoms with E-state index in [-0.39, 0.29) is 11.4 Å². The lowest BCUT2D eigenvalue weighted by atomic mass is 10.2. The van der Waals surface area contributed by atoms with Gasteiger partial charge in [-0.15, -0.1) is 0 Å². The van der Waals surface area contributed by atoms with Gasteiger partial charge < -0.3 is 15.1 Å². The third-order valence-electron chi connectivity index (χ3n) is 2.49. The number of anilines is 1. The van der Waals surface area contributed by atoms with Crippen LogP contribution in [0.4, 0.5) is 10.2 Å². The molecule has 0 aliphatic heterocycles. The predicted molar refractivity (Wildman–Crippen MR) is 65.5 cm³/mol. The van der Waals surface area contributed by atoms with Crippen LogP contribution in [0.1, 0.15) is 17.3 Å². The number of nitrogens with zero attached hydrogens (tertiary/aromatic N) is 2. The van der Waals surface area contributed by atoms with Gasteiger partial charge in [0.1, 0.15) is 0 Å². The first-order chi connectivity index (χ1) is 8.65. The van der Waals surface area contributed by atoms with Crippen LogP contribution < -0.4 is 11.3 Å². The number of carbonyl (C=O) groups is 1. The molecule has 3 N–H and O–H groups in total. The molecule has 1 rings (SSSR count). The Hall–Kier alpha value is -1.73. The molecule has 1 aromatic heterocycles. The van der Waals surface area contributed by atoms with Gasteiger partial charge in [-0.2, -0.15) is 0 Å². The number of halogens is 1. The minimum atomic E-state index is -0.749. The molecule has 0 aliphatic carbocycles. The van der Waals surface area contributed by atoms with E-state index in [1.54, 1.807) is 7.11 Å². The summed E-state index contributed by atoms with van der Waals surface area (Å²) >= 11 is 0. The molecule has 0 atom stereocenters. The molecule has 0 saturated carbocycles. The molecule has 0 fully saturated rings. The normalized spacial score (nSPS) is 10.2. The summed E-state index contributed by atoms with van der Waals surface area (Å²) in [6, 6.07) is 1.33. The Balaban J connectivity index is 2.94. The molecule has 0 bridgehead atoms. The monoisotopic (exact) mass is 256 g/mol. The third-order valence-corrected chi connectivity index (χ3v) is 2.49. The number of nitrogens with two attached hydrogens (primary N) is 1. The van der Waals surface area contributed by atoms with Gasteiger partial charge in [-0.3, -0.25) is 4.79 Å². The van der Waals surface area contributed by atoms with Crippen LogP contribution in [0.5, 0.6) is 0 Å². The average Bonchev–Trinajstić information content (AvgIpc) is 2.39. The Morgan fingerprint density at radius 2 is 2.39 bits per heavy atom. The quantitative estimate of drug-likeness (QED) is 0.576. The number of hydrogen-bond donors (Lipinski definition) is 2.